The van der Waals surface area contributed by atoms with Crippen LogP contribution in [0.15, 0.2) is 65.7 Å². The van der Waals surface area contributed by atoms with Crippen molar-refractivity contribution < 1.29 is 9.18 Å². The Kier molecular flexibility index (Phi) is 4.81. The summed E-state index contributed by atoms with van der Waals surface area (Å²) in [5, 5.41) is 9.07. The molecule has 0 bridgehead atoms. The van der Waals surface area contributed by atoms with E-state index in [1.54, 1.807) is 24.0 Å². The largest absolute Gasteiger partial charge is 0.350 e. The Balaban J connectivity index is 1.53. The molecule has 8 nitrogen and oxygen atoms in total. The zero-order valence-electron chi connectivity index (χ0n) is 18.4. The highest BCUT2D eigenvalue weighted by Gasteiger charge is 2.18. The number of aryl methyl sites for hydroxylation is 2. The van der Waals surface area contributed by atoms with Crippen molar-refractivity contribution in [2.24, 2.45) is 0 Å². The number of carbonyl (C=O) groups is 1. The molecule has 166 valence electrons. The van der Waals surface area contributed by atoms with Gasteiger partial charge in [-0.2, -0.15) is 5.10 Å². The van der Waals surface area contributed by atoms with E-state index < -0.39 is 5.69 Å². The minimum atomic E-state index is -0.428. The lowest BCUT2D eigenvalue weighted by Gasteiger charge is -2.16. The maximum atomic E-state index is 13.2. The minimum Gasteiger partial charge on any atom is -0.314 e. The summed E-state index contributed by atoms with van der Waals surface area (Å²) in [5.41, 5.74) is 5.16. The number of hydrogen-bond acceptors (Lipinski definition) is 4. The van der Waals surface area contributed by atoms with Gasteiger partial charge in [-0.05, 0) is 55.8 Å². The van der Waals surface area contributed by atoms with Crippen LogP contribution in [0.5, 0.6) is 0 Å². The van der Waals surface area contributed by atoms with Crippen LogP contribution in [-0.4, -0.2) is 36.8 Å². The number of benzene rings is 2. The van der Waals surface area contributed by atoms with Crippen LogP contribution in [0.3, 0.4) is 0 Å². The van der Waals surface area contributed by atoms with Crippen LogP contribution < -0.4 is 10.6 Å². The van der Waals surface area contributed by atoms with Crippen molar-refractivity contribution in [3.8, 4) is 11.3 Å². The molecule has 0 unspecified atom stereocenters. The fourth-order valence-corrected chi connectivity index (χ4v) is 3.82. The molecule has 33 heavy (non-hydrogen) atoms. The van der Waals surface area contributed by atoms with E-state index in [4.69, 9.17) is 0 Å². The topological polar surface area (TPSA) is 76.9 Å². The van der Waals surface area contributed by atoms with Crippen molar-refractivity contribution in [2.45, 2.75) is 20.4 Å². The maximum absolute atomic E-state index is 13.2. The van der Waals surface area contributed by atoms with Crippen LogP contribution in [0.25, 0.3) is 22.4 Å². The SMILES string of the molecule is Cc1ccc(C)c(-c2cc3c4nn(CC(=O)N(C)c5ccc(F)cc5)c(=O)n4ccn3n2)c1. The van der Waals surface area contributed by atoms with Crippen LogP contribution in [0.2, 0.25) is 0 Å². The van der Waals surface area contributed by atoms with E-state index in [0.29, 0.717) is 16.9 Å². The van der Waals surface area contributed by atoms with Crippen LogP contribution in [0.4, 0.5) is 10.1 Å². The van der Waals surface area contributed by atoms with Gasteiger partial charge in [0.05, 0.1) is 5.69 Å². The summed E-state index contributed by atoms with van der Waals surface area (Å²) in [7, 11) is 1.57. The monoisotopic (exact) mass is 444 g/mol. The number of anilines is 1. The standard InChI is InChI=1S/C24H21FN6O2/c1-15-4-5-16(2)19(12-15)20-13-21-23-27-31(24(33)29(23)10-11-30(21)26-20)14-22(32)28(3)18-8-6-17(25)7-9-18/h4-13H,14H2,1-3H3. The summed E-state index contributed by atoms with van der Waals surface area (Å²) in [6.07, 6.45) is 3.28. The van der Waals surface area contributed by atoms with Gasteiger partial charge in [0, 0.05) is 30.7 Å². The quantitative estimate of drug-likeness (QED) is 0.427. The van der Waals surface area contributed by atoms with Gasteiger partial charge in [-0.1, -0.05) is 17.7 Å². The molecule has 0 N–H and O–H groups in total. The second-order valence-corrected chi connectivity index (χ2v) is 8.04. The molecule has 3 aromatic heterocycles. The van der Waals surface area contributed by atoms with Crippen LogP contribution >= 0.6 is 0 Å². The van der Waals surface area contributed by atoms with E-state index in [2.05, 4.69) is 16.3 Å². The molecule has 0 saturated heterocycles. The van der Waals surface area contributed by atoms with Gasteiger partial charge in [-0.3, -0.25) is 4.79 Å². The van der Waals surface area contributed by atoms with Gasteiger partial charge in [-0.25, -0.2) is 22.8 Å². The fraction of sp³-hybridized carbons (Fsp3) is 0.167. The number of fused-ring (bicyclic) bond motifs is 3. The summed E-state index contributed by atoms with van der Waals surface area (Å²) >= 11 is 0. The van der Waals surface area contributed by atoms with E-state index in [-0.39, 0.29) is 18.3 Å². The van der Waals surface area contributed by atoms with E-state index in [9.17, 15) is 14.0 Å². The highest BCUT2D eigenvalue weighted by atomic mass is 19.1. The van der Waals surface area contributed by atoms with Crippen molar-refractivity contribution in [1.82, 2.24) is 23.8 Å². The molecule has 0 atom stereocenters. The Morgan fingerprint density at radius 2 is 1.79 bits per heavy atom. The maximum Gasteiger partial charge on any atom is 0.350 e. The Labute approximate surface area is 188 Å². The second-order valence-electron chi connectivity index (χ2n) is 8.04. The van der Waals surface area contributed by atoms with Gasteiger partial charge < -0.3 is 4.90 Å². The van der Waals surface area contributed by atoms with Crippen molar-refractivity contribution in [3.63, 3.8) is 0 Å². The Morgan fingerprint density at radius 3 is 2.55 bits per heavy atom. The van der Waals surface area contributed by atoms with E-state index in [1.165, 1.54) is 33.6 Å². The zero-order chi connectivity index (χ0) is 23.3. The molecule has 0 aliphatic rings. The van der Waals surface area contributed by atoms with Gasteiger partial charge in [0.1, 0.15) is 17.9 Å². The lowest BCUT2D eigenvalue weighted by molar-refractivity contribution is -0.119. The van der Waals surface area contributed by atoms with Gasteiger partial charge in [-0.15, -0.1) is 5.10 Å². The number of halogens is 1. The van der Waals surface area contributed by atoms with E-state index >= 15 is 0 Å². The zero-order valence-corrected chi connectivity index (χ0v) is 18.4. The van der Waals surface area contributed by atoms with Crippen LogP contribution in [0.1, 0.15) is 11.1 Å². The lowest BCUT2D eigenvalue weighted by atomic mass is 10.0. The highest BCUT2D eigenvalue weighted by Crippen LogP contribution is 2.25. The van der Waals surface area contributed by atoms with Gasteiger partial charge in [0.15, 0.2) is 5.65 Å². The molecular formula is C24H21FN6O2. The third-order valence-electron chi connectivity index (χ3n) is 5.73. The second kappa shape index (κ2) is 7.70. The predicted octanol–water partition coefficient (Wildman–Crippen LogP) is 3.23. The Bertz CT molecular complexity index is 1580. The number of carbonyl (C=O) groups excluding carboxylic acids is 1. The molecule has 5 aromatic rings. The molecule has 2 aromatic carbocycles. The number of hydrogen-bond donors (Lipinski definition) is 0. The third-order valence-corrected chi connectivity index (χ3v) is 5.73. The first-order valence-corrected chi connectivity index (χ1v) is 10.4. The van der Waals surface area contributed by atoms with Crippen molar-refractivity contribution in [1.29, 1.82) is 0 Å². The molecule has 0 radical (unpaired) electrons. The first-order valence-electron chi connectivity index (χ1n) is 10.4. The minimum absolute atomic E-state index is 0.251. The van der Waals surface area contributed by atoms with Crippen molar-refractivity contribution in [3.05, 3.63) is 88.4 Å². The molecule has 1 amide bonds. The third kappa shape index (κ3) is 3.57. The number of aromatic nitrogens is 5. The molecule has 0 fully saturated rings. The number of amides is 1. The van der Waals surface area contributed by atoms with Gasteiger partial charge >= 0.3 is 5.69 Å². The Morgan fingerprint density at radius 1 is 1.03 bits per heavy atom. The van der Waals surface area contributed by atoms with Crippen molar-refractivity contribution >= 4 is 22.8 Å². The number of nitrogens with zero attached hydrogens (tertiary/aromatic N) is 6. The average molecular weight is 444 g/mol. The van der Waals surface area contributed by atoms with Crippen molar-refractivity contribution in [2.75, 3.05) is 11.9 Å². The first kappa shape index (κ1) is 20.6. The summed E-state index contributed by atoms with van der Waals surface area (Å²) in [5.74, 6) is -0.742. The molecule has 3 heterocycles. The van der Waals surface area contributed by atoms with E-state index in [0.717, 1.165) is 27.1 Å². The summed E-state index contributed by atoms with van der Waals surface area (Å²) in [6, 6.07) is 13.6. The molecule has 0 saturated carbocycles. The fourth-order valence-electron chi connectivity index (χ4n) is 3.82. The summed E-state index contributed by atoms with van der Waals surface area (Å²) in [4.78, 5) is 27.0. The van der Waals surface area contributed by atoms with E-state index in [1.807, 2.05) is 32.0 Å². The van der Waals surface area contributed by atoms with Crippen LogP contribution in [-0.2, 0) is 11.3 Å². The normalized spacial score (nSPS) is 11.4. The summed E-state index contributed by atoms with van der Waals surface area (Å²) < 4.78 is 17.4. The Hall–Kier alpha value is -4.27. The summed E-state index contributed by atoms with van der Waals surface area (Å²) in [6.45, 7) is 3.80. The first-order chi connectivity index (χ1) is 15.8. The number of likely N-dealkylation sites (N-methyl/N-ethyl adjacent to an activating group) is 1. The molecular weight excluding hydrogens is 423 g/mol. The molecule has 0 aliphatic carbocycles. The molecule has 9 heteroatoms. The van der Waals surface area contributed by atoms with Gasteiger partial charge in [0.25, 0.3) is 0 Å². The average Bonchev–Trinajstić information content (AvgIpc) is 3.37. The number of rotatable bonds is 4. The smallest absolute Gasteiger partial charge is 0.314 e. The predicted molar refractivity (Wildman–Crippen MR) is 123 cm³/mol. The van der Waals surface area contributed by atoms with Gasteiger partial charge in [0.2, 0.25) is 5.91 Å². The molecule has 0 aliphatic heterocycles. The molecule has 5 rings (SSSR count). The lowest BCUT2D eigenvalue weighted by Crippen LogP contribution is -2.34. The van der Waals surface area contributed by atoms with Crippen LogP contribution in [0, 0.1) is 19.7 Å². The highest BCUT2D eigenvalue weighted by molar-refractivity contribution is 5.92. The molecule has 0 spiro atoms.